The molecule has 0 aliphatic heterocycles. The van der Waals surface area contributed by atoms with Crippen molar-refractivity contribution in [2.24, 2.45) is 0 Å². The second kappa shape index (κ2) is 9.19. The summed E-state index contributed by atoms with van der Waals surface area (Å²) in [6, 6.07) is 3.64. The number of anilines is 1. The van der Waals surface area contributed by atoms with Crippen molar-refractivity contribution in [2.45, 2.75) is 12.8 Å². The van der Waals surface area contributed by atoms with E-state index in [-0.39, 0.29) is 29.6 Å². The van der Waals surface area contributed by atoms with Crippen LogP contribution in [0.2, 0.25) is 5.02 Å². The molecule has 1 N–H and O–H groups in total. The molecule has 0 atom stereocenters. The predicted octanol–water partition coefficient (Wildman–Crippen LogP) is 1.70. The summed E-state index contributed by atoms with van der Waals surface area (Å²) in [5, 5.41) is 2.57. The first-order valence-corrected chi connectivity index (χ1v) is 9.68. The summed E-state index contributed by atoms with van der Waals surface area (Å²) < 4.78 is 38.1. The number of nitrogens with zero attached hydrogens (tertiary/aromatic N) is 2. The first-order valence-electron chi connectivity index (χ1n) is 7.45. The lowest BCUT2D eigenvalue weighted by Crippen LogP contribution is -2.35. The van der Waals surface area contributed by atoms with Crippen LogP contribution in [0.4, 0.5) is 10.1 Å². The van der Waals surface area contributed by atoms with E-state index in [1.165, 1.54) is 12.1 Å². The standard InChI is InChI=1S/C15H23ClFN3O3S/c1-19(2)9-4-8-18-15(21)7-10-20(24(3,22)23)12-5-6-14(17)13(16)11-12/h5-6,11H,4,7-10H2,1-3H3,(H,18,21). The van der Waals surface area contributed by atoms with Crippen LogP contribution in [0.15, 0.2) is 18.2 Å². The Bertz CT molecular complexity index is 668. The molecule has 9 heteroatoms. The summed E-state index contributed by atoms with van der Waals surface area (Å²) in [5.41, 5.74) is 0.226. The molecule has 136 valence electrons. The van der Waals surface area contributed by atoms with E-state index in [0.717, 1.165) is 29.6 Å². The minimum absolute atomic E-state index is 0.00400. The highest BCUT2D eigenvalue weighted by molar-refractivity contribution is 7.92. The predicted molar refractivity (Wildman–Crippen MR) is 94.4 cm³/mol. The summed E-state index contributed by atoms with van der Waals surface area (Å²) in [4.78, 5) is 13.8. The molecule has 1 rings (SSSR count). The zero-order chi connectivity index (χ0) is 18.3. The Balaban J connectivity index is 2.65. The molecule has 0 aliphatic carbocycles. The monoisotopic (exact) mass is 379 g/mol. The van der Waals surface area contributed by atoms with Gasteiger partial charge in [0.15, 0.2) is 0 Å². The van der Waals surface area contributed by atoms with E-state index in [2.05, 4.69) is 5.32 Å². The van der Waals surface area contributed by atoms with E-state index in [0.29, 0.717) is 6.54 Å². The Kier molecular flexibility index (Phi) is 7.92. The number of benzene rings is 1. The highest BCUT2D eigenvalue weighted by Crippen LogP contribution is 2.24. The molecule has 0 spiro atoms. The lowest BCUT2D eigenvalue weighted by atomic mass is 10.3. The Hall–Kier alpha value is -1.38. The molecule has 24 heavy (non-hydrogen) atoms. The molecule has 0 saturated carbocycles. The van der Waals surface area contributed by atoms with Crippen LogP contribution in [0.3, 0.4) is 0 Å². The zero-order valence-corrected chi connectivity index (χ0v) is 15.6. The summed E-state index contributed by atoms with van der Waals surface area (Å²) in [6.45, 7) is 1.34. The fourth-order valence-corrected chi connectivity index (χ4v) is 3.14. The van der Waals surface area contributed by atoms with Gasteiger partial charge in [0.05, 0.1) is 17.0 Å². The third-order valence-corrected chi connectivity index (χ3v) is 4.72. The smallest absolute Gasteiger partial charge is 0.232 e. The van der Waals surface area contributed by atoms with Gasteiger partial charge in [0.2, 0.25) is 15.9 Å². The summed E-state index contributed by atoms with van der Waals surface area (Å²) in [5.74, 6) is -0.872. The van der Waals surface area contributed by atoms with Crippen LogP contribution in [0, 0.1) is 5.82 Å². The number of carbonyl (C=O) groups is 1. The number of sulfonamides is 1. The molecule has 0 heterocycles. The van der Waals surface area contributed by atoms with Crippen LogP contribution in [-0.2, 0) is 14.8 Å². The number of rotatable bonds is 9. The second-order valence-electron chi connectivity index (χ2n) is 5.69. The van der Waals surface area contributed by atoms with Gasteiger partial charge < -0.3 is 10.2 Å². The van der Waals surface area contributed by atoms with Crippen molar-refractivity contribution >= 4 is 33.2 Å². The fraction of sp³-hybridized carbons (Fsp3) is 0.533. The molecule has 0 saturated heterocycles. The van der Waals surface area contributed by atoms with Crippen molar-refractivity contribution in [1.82, 2.24) is 10.2 Å². The average Bonchev–Trinajstić information content (AvgIpc) is 2.46. The molecular formula is C15H23ClFN3O3S. The summed E-state index contributed by atoms with van der Waals surface area (Å²) in [6.07, 6.45) is 1.84. The minimum atomic E-state index is -3.61. The van der Waals surface area contributed by atoms with Crippen molar-refractivity contribution in [2.75, 3.05) is 44.3 Å². The SMILES string of the molecule is CN(C)CCCNC(=O)CCN(c1ccc(F)c(Cl)c1)S(C)(=O)=O. The molecule has 0 fully saturated rings. The first kappa shape index (κ1) is 20.7. The Morgan fingerprint density at radius 1 is 1.29 bits per heavy atom. The highest BCUT2D eigenvalue weighted by atomic mass is 35.5. The Labute approximate surface area is 147 Å². The Morgan fingerprint density at radius 2 is 1.96 bits per heavy atom. The number of nitrogens with one attached hydrogen (secondary N) is 1. The topological polar surface area (TPSA) is 69.7 Å². The van der Waals surface area contributed by atoms with Gasteiger partial charge in [-0.15, -0.1) is 0 Å². The van der Waals surface area contributed by atoms with Gasteiger partial charge in [0, 0.05) is 19.5 Å². The molecule has 0 aliphatic rings. The zero-order valence-electron chi connectivity index (χ0n) is 14.1. The second-order valence-corrected chi connectivity index (χ2v) is 8.00. The van der Waals surface area contributed by atoms with Crippen molar-refractivity contribution in [3.05, 3.63) is 29.0 Å². The normalized spacial score (nSPS) is 11.6. The van der Waals surface area contributed by atoms with E-state index in [4.69, 9.17) is 11.6 Å². The van der Waals surface area contributed by atoms with Gasteiger partial charge in [-0.1, -0.05) is 11.6 Å². The maximum Gasteiger partial charge on any atom is 0.232 e. The lowest BCUT2D eigenvalue weighted by molar-refractivity contribution is -0.120. The van der Waals surface area contributed by atoms with E-state index >= 15 is 0 Å². The third-order valence-electron chi connectivity index (χ3n) is 3.24. The number of hydrogen-bond donors (Lipinski definition) is 1. The molecule has 1 aromatic carbocycles. The van der Waals surface area contributed by atoms with Gasteiger partial charge in [-0.05, 0) is 45.3 Å². The first-order chi connectivity index (χ1) is 11.1. The molecule has 1 amide bonds. The largest absolute Gasteiger partial charge is 0.356 e. The number of halogens is 2. The quantitative estimate of drug-likeness (QED) is 0.663. The molecule has 6 nitrogen and oxygen atoms in total. The van der Waals surface area contributed by atoms with Gasteiger partial charge >= 0.3 is 0 Å². The van der Waals surface area contributed by atoms with Crippen molar-refractivity contribution < 1.29 is 17.6 Å². The van der Waals surface area contributed by atoms with Crippen molar-refractivity contribution in [3.8, 4) is 0 Å². The van der Waals surface area contributed by atoms with Crippen LogP contribution in [0.25, 0.3) is 0 Å². The highest BCUT2D eigenvalue weighted by Gasteiger charge is 2.19. The van der Waals surface area contributed by atoms with Crippen LogP contribution >= 0.6 is 11.6 Å². The molecular weight excluding hydrogens is 357 g/mol. The van der Waals surface area contributed by atoms with Gasteiger partial charge in [0.25, 0.3) is 0 Å². The fourth-order valence-electron chi connectivity index (χ4n) is 2.04. The molecule has 0 radical (unpaired) electrons. The molecule has 1 aromatic rings. The third kappa shape index (κ3) is 7.02. The van der Waals surface area contributed by atoms with E-state index in [1.807, 2.05) is 19.0 Å². The van der Waals surface area contributed by atoms with Crippen molar-refractivity contribution in [1.29, 1.82) is 0 Å². The maximum absolute atomic E-state index is 13.2. The minimum Gasteiger partial charge on any atom is -0.356 e. The summed E-state index contributed by atoms with van der Waals surface area (Å²) >= 11 is 5.70. The van der Waals surface area contributed by atoms with Gasteiger partial charge in [-0.2, -0.15) is 0 Å². The maximum atomic E-state index is 13.2. The van der Waals surface area contributed by atoms with Gasteiger partial charge in [0.1, 0.15) is 5.82 Å². The lowest BCUT2D eigenvalue weighted by Gasteiger charge is -2.22. The van der Waals surface area contributed by atoms with Gasteiger partial charge in [-0.3, -0.25) is 9.10 Å². The molecule has 0 unspecified atom stereocenters. The van der Waals surface area contributed by atoms with E-state index < -0.39 is 15.8 Å². The van der Waals surface area contributed by atoms with E-state index in [1.54, 1.807) is 0 Å². The number of amides is 1. The number of hydrogen-bond acceptors (Lipinski definition) is 4. The van der Waals surface area contributed by atoms with Crippen LogP contribution in [0.5, 0.6) is 0 Å². The number of carbonyl (C=O) groups excluding carboxylic acids is 1. The van der Waals surface area contributed by atoms with E-state index in [9.17, 15) is 17.6 Å². The summed E-state index contributed by atoms with van der Waals surface area (Å²) in [7, 11) is 0.274. The molecule has 0 bridgehead atoms. The van der Waals surface area contributed by atoms with Crippen LogP contribution < -0.4 is 9.62 Å². The Morgan fingerprint density at radius 3 is 2.50 bits per heavy atom. The van der Waals surface area contributed by atoms with Crippen molar-refractivity contribution in [3.63, 3.8) is 0 Å². The molecule has 0 aromatic heterocycles. The average molecular weight is 380 g/mol. The van der Waals surface area contributed by atoms with Crippen LogP contribution in [0.1, 0.15) is 12.8 Å². The van der Waals surface area contributed by atoms with Crippen LogP contribution in [-0.4, -0.2) is 59.2 Å². The van der Waals surface area contributed by atoms with Gasteiger partial charge in [-0.25, -0.2) is 12.8 Å².